The van der Waals surface area contributed by atoms with E-state index in [1.165, 1.54) is 17.7 Å². The number of likely N-dealkylation sites (tertiary alicyclic amines) is 1. The normalized spacial score (nSPS) is 17.0. The van der Waals surface area contributed by atoms with Crippen molar-refractivity contribution >= 4 is 33.0 Å². The van der Waals surface area contributed by atoms with E-state index in [-0.39, 0.29) is 18.4 Å². The molecule has 0 aliphatic carbocycles. The van der Waals surface area contributed by atoms with Gasteiger partial charge in [0, 0.05) is 11.4 Å². The van der Waals surface area contributed by atoms with Crippen LogP contribution in [-0.2, 0) is 21.2 Å². The third-order valence-corrected chi connectivity index (χ3v) is 6.85. The van der Waals surface area contributed by atoms with Crippen LogP contribution in [0.5, 0.6) is 0 Å². The second-order valence-corrected chi connectivity index (χ2v) is 10.5. The summed E-state index contributed by atoms with van der Waals surface area (Å²) in [4.78, 5) is 16.4. The molecule has 1 aromatic heterocycles. The molecule has 2 N–H and O–H groups in total. The number of rotatable bonds is 8. The predicted octanol–water partition coefficient (Wildman–Crippen LogP) is 3.25. The number of thiophene rings is 1. The van der Waals surface area contributed by atoms with Gasteiger partial charge in [0.25, 0.3) is 0 Å². The zero-order valence-electron chi connectivity index (χ0n) is 16.9. The van der Waals surface area contributed by atoms with Crippen LogP contribution in [-0.4, -0.2) is 45.1 Å². The van der Waals surface area contributed by atoms with Gasteiger partial charge in [0.05, 0.1) is 24.4 Å². The minimum absolute atomic E-state index is 0.111. The summed E-state index contributed by atoms with van der Waals surface area (Å²) >= 11 is 1.72. The van der Waals surface area contributed by atoms with E-state index in [1.807, 2.05) is 0 Å². The van der Waals surface area contributed by atoms with Crippen LogP contribution in [0.2, 0.25) is 0 Å². The van der Waals surface area contributed by atoms with Crippen molar-refractivity contribution in [1.82, 2.24) is 10.2 Å². The summed E-state index contributed by atoms with van der Waals surface area (Å²) in [6.45, 7) is 4.93. The lowest BCUT2D eigenvalue weighted by atomic mass is 9.97. The Balaban J connectivity index is 1.64. The summed E-state index contributed by atoms with van der Waals surface area (Å²) < 4.78 is 25.6. The Hall–Kier alpha value is -1.90. The lowest BCUT2D eigenvalue weighted by Gasteiger charge is -2.36. The predicted molar refractivity (Wildman–Crippen MR) is 119 cm³/mol. The molecule has 1 atom stereocenters. The summed E-state index contributed by atoms with van der Waals surface area (Å²) in [5.41, 5.74) is 1.11. The van der Waals surface area contributed by atoms with Crippen molar-refractivity contribution in [3.05, 3.63) is 52.2 Å². The summed E-state index contributed by atoms with van der Waals surface area (Å²) in [5.74, 6) is 0.642. The molecule has 0 spiro atoms. The number of piperidine rings is 1. The summed E-state index contributed by atoms with van der Waals surface area (Å²) in [7, 11) is -3.40. The van der Waals surface area contributed by atoms with Gasteiger partial charge in [-0.05, 0) is 54.9 Å². The molecule has 1 saturated heterocycles. The smallest absolute Gasteiger partial charge is 0.229 e. The van der Waals surface area contributed by atoms with E-state index in [2.05, 4.69) is 39.4 Å². The van der Waals surface area contributed by atoms with Crippen molar-refractivity contribution in [3.63, 3.8) is 0 Å². The van der Waals surface area contributed by atoms with E-state index in [0.717, 1.165) is 25.3 Å². The van der Waals surface area contributed by atoms with Gasteiger partial charge < -0.3 is 5.32 Å². The SMILES string of the molecule is CC1CCN(C(CNC(=O)Cc2ccccc2NS(C)(=O)=O)c2cccs2)CC1. The van der Waals surface area contributed by atoms with Gasteiger partial charge >= 0.3 is 0 Å². The molecule has 8 heteroatoms. The Bertz CT molecular complexity index is 905. The van der Waals surface area contributed by atoms with Crippen molar-refractivity contribution in [2.75, 3.05) is 30.6 Å². The van der Waals surface area contributed by atoms with Crippen molar-refractivity contribution in [1.29, 1.82) is 0 Å². The highest BCUT2D eigenvalue weighted by Crippen LogP contribution is 2.29. The maximum Gasteiger partial charge on any atom is 0.229 e. The number of hydrogen-bond donors (Lipinski definition) is 2. The first-order valence-corrected chi connectivity index (χ1v) is 12.7. The van der Waals surface area contributed by atoms with Crippen LogP contribution < -0.4 is 10.0 Å². The molecule has 158 valence electrons. The molecule has 1 aliphatic rings. The second kappa shape index (κ2) is 9.73. The standard InChI is InChI=1S/C21H29N3O3S2/c1-16-9-11-24(12-10-16)19(20-8-5-13-28-20)15-22-21(25)14-17-6-3-4-7-18(17)23-29(2,26)27/h3-8,13,16,19,23H,9-12,14-15H2,1-2H3,(H,22,25). The lowest BCUT2D eigenvalue weighted by molar-refractivity contribution is -0.120. The van der Waals surface area contributed by atoms with Crippen LogP contribution in [0, 0.1) is 5.92 Å². The highest BCUT2D eigenvalue weighted by atomic mass is 32.2. The Labute approximate surface area is 177 Å². The first kappa shape index (κ1) is 21.8. The number of para-hydroxylation sites is 1. The van der Waals surface area contributed by atoms with E-state index in [9.17, 15) is 13.2 Å². The van der Waals surface area contributed by atoms with Crippen molar-refractivity contribution in [3.8, 4) is 0 Å². The van der Waals surface area contributed by atoms with E-state index in [4.69, 9.17) is 0 Å². The summed E-state index contributed by atoms with van der Waals surface area (Å²) in [5, 5.41) is 5.14. The highest BCUT2D eigenvalue weighted by Gasteiger charge is 2.25. The zero-order valence-corrected chi connectivity index (χ0v) is 18.6. The molecule has 29 heavy (non-hydrogen) atoms. The van der Waals surface area contributed by atoms with Gasteiger partial charge in [-0.3, -0.25) is 14.4 Å². The van der Waals surface area contributed by atoms with Crippen LogP contribution in [0.3, 0.4) is 0 Å². The summed E-state index contributed by atoms with van der Waals surface area (Å²) in [6, 6.07) is 11.4. The number of carbonyl (C=O) groups is 1. The monoisotopic (exact) mass is 435 g/mol. The maximum absolute atomic E-state index is 12.6. The van der Waals surface area contributed by atoms with Crippen LogP contribution in [0.15, 0.2) is 41.8 Å². The highest BCUT2D eigenvalue weighted by molar-refractivity contribution is 7.92. The largest absolute Gasteiger partial charge is 0.354 e. The minimum atomic E-state index is -3.40. The average Bonchev–Trinajstić information content (AvgIpc) is 3.18. The fourth-order valence-corrected chi connectivity index (χ4v) is 5.11. The van der Waals surface area contributed by atoms with Gasteiger partial charge in [-0.15, -0.1) is 11.3 Å². The first-order chi connectivity index (χ1) is 13.8. The minimum Gasteiger partial charge on any atom is -0.354 e. The topological polar surface area (TPSA) is 78.5 Å². The lowest BCUT2D eigenvalue weighted by Crippen LogP contribution is -2.42. The zero-order chi connectivity index (χ0) is 20.9. The number of nitrogens with zero attached hydrogens (tertiary/aromatic N) is 1. The molecular formula is C21H29N3O3S2. The van der Waals surface area contributed by atoms with Gasteiger partial charge in [0.2, 0.25) is 15.9 Å². The second-order valence-electron chi connectivity index (χ2n) is 7.76. The Morgan fingerprint density at radius 3 is 2.59 bits per heavy atom. The molecule has 1 fully saturated rings. The van der Waals surface area contributed by atoms with Crippen molar-refractivity contribution in [2.24, 2.45) is 5.92 Å². The van der Waals surface area contributed by atoms with E-state index < -0.39 is 10.0 Å². The van der Waals surface area contributed by atoms with Gasteiger partial charge in [-0.2, -0.15) is 0 Å². The molecule has 1 unspecified atom stereocenters. The van der Waals surface area contributed by atoms with Crippen LogP contribution >= 0.6 is 11.3 Å². The number of anilines is 1. The Morgan fingerprint density at radius 2 is 1.93 bits per heavy atom. The van der Waals surface area contributed by atoms with E-state index in [0.29, 0.717) is 17.8 Å². The molecule has 0 bridgehead atoms. The number of sulfonamides is 1. The molecule has 3 rings (SSSR count). The van der Waals surface area contributed by atoms with Crippen molar-refractivity contribution < 1.29 is 13.2 Å². The number of hydrogen-bond acceptors (Lipinski definition) is 5. The molecule has 1 aromatic carbocycles. The molecule has 0 radical (unpaired) electrons. The summed E-state index contributed by atoms with van der Waals surface area (Å²) in [6.07, 6.45) is 3.60. The molecule has 0 saturated carbocycles. The number of carbonyl (C=O) groups excluding carboxylic acids is 1. The molecule has 2 aromatic rings. The third kappa shape index (κ3) is 6.55. The van der Waals surface area contributed by atoms with Gasteiger partial charge in [-0.1, -0.05) is 31.2 Å². The van der Waals surface area contributed by atoms with E-state index >= 15 is 0 Å². The molecule has 1 aliphatic heterocycles. The van der Waals surface area contributed by atoms with Gasteiger partial charge in [0.15, 0.2) is 0 Å². The number of benzene rings is 1. The first-order valence-electron chi connectivity index (χ1n) is 9.91. The molecule has 1 amide bonds. The van der Waals surface area contributed by atoms with Crippen LogP contribution in [0.25, 0.3) is 0 Å². The van der Waals surface area contributed by atoms with E-state index in [1.54, 1.807) is 35.6 Å². The van der Waals surface area contributed by atoms with Crippen LogP contribution in [0.4, 0.5) is 5.69 Å². The van der Waals surface area contributed by atoms with Gasteiger partial charge in [-0.25, -0.2) is 8.42 Å². The fraction of sp³-hybridized carbons (Fsp3) is 0.476. The molecule has 6 nitrogen and oxygen atoms in total. The van der Waals surface area contributed by atoms with Crippen LogP contribution in [0.1, 0.15) is 36.2 Å². The maximum atomic E-state index is 12.6. The van der Waals surface area contributed by atoms with Crippen molar-refractivity contribution in [2.45, 2.75) is 32.2 Å². The molecule has 2 heterocycles. The average molecular weight is 436 g/mol. The Kier molecular flexibility index (Phi) is 7.32. The number of nitrogens with one attached hydrogen (secondary N) is 2. The third-order valence-electron chi connectivity index (χ3n) is 5.29. The number of amides is 1. The van der Waals surface area contributed by atoms with Gasteiger partial charge in [0.1, 0.15) is 0 Å². The Morgan fingerprint density at radius 1 is 1.21 bits per heavy atom. The molecular weight excluding hydrogens is 406 g/mol. The quantitative estimate of drug-likeness (QED) is 0.667. The fourth-order valence-electron chi connectivity index (χ4n) is 3.65.